The summed E-state index contributed by atoms with van der Waals surface area (Å²) in [4.78, 5) is 36.1. The quantitative estimate of drug-likeness (QED) is 0.542. The van der Waals surface area contributed by atoms with Gasteiger partial charge in [-0.1, -0.05) is 60.7 Å². The van der Waals surface area contributed by atoms with Gasteiger partial charge in [0.2, 0.25) is 5.91 Å². The molecule has 3 N–H and O–H groups in total. The number of carboxylic acid groups (broad SMARTS) is 1. The molecule has 7 nitrogen and oxygen atoms in total. The Morgan fingerprint density at radius 1 is 0.906 bits per heavy atom. The van der Waals surface area contributed by atoms with E-state index in [1.54, 1.807) is 12.1 Å². The summed E-state index contributed by atoms with van der Waals surface area (Å²) >= 11 is 0. The molecule has 4 rings (SSSR count). The number of carbonyl (C=O) groups excluding carboxylic acids is 2. The van der Waals surface area contributed by atoms with E-state index in [-0.39, 0.29) is 23.8 Å². The van der Waals surface area contributed by atoms with Crippen LogP contribution in [0.5, 0.6) is 0 Å². The number of aromatic carboxylic acids is 1. The number of fused-ring (bicyclic) bond motifs is 3. The third kappa shape index (κ3) is 4.18. The number of para-hydroxylation sites is 1. The van der Waals surface area contributed by atoms with Crippen molar-refractivity contribution >= 4 is 23.7 Å². The number of carboxylic acids is 1. The van der Waals surface area contributed by atoms with Crippen molar-refractivity contribution in [1.29, 1.82) is 0 Å². The first-order valence-electron chi connectivity index (χ1n) is 10.2. The van der Waals surface area contributed by atoms with Crippen LogP contribution in [0.4, 0.5) is 10.5 Å². The van der Waals surface area contributed by atoms with E-state index >= 15 is 0 Å². The average molecular weight is 430 g/mol. The Labute approximate surface area is 185 Å². The van der Waals surface area contributed by atoms with E-state index < -0.39 is 24.0 Å². The fraction of sp³-hybridized carbons (Fsp3) is 0.160. The van der Waals surface area contributed by atoms with Crippen molar-refractivity contribution in [2.75, 3.05) is 11.9 Å². The molecule has 3 aromatic rings. The molecule has 162 valence electrons. The zero-order valence-electron chi connectivity index (χ0n) is 17.4. The van der Waals surface area contributed by atoms with Crippen molar-refractivity contribution in [3.8, 4) is 11.1 Å². The number of rotatable bonds is 6. The molecule has 1 aliphatic rings. The van der Waals surface area contributed by atoms with Gasteiger partial charge in [-0.3, -0.25) is 4.79 Å². The molecule has 1 atom stereocenters. The van der Waals surface area contributed by atoms with Crippen LogP contribution < -0.4 is 10.6 Å². The Bertz CT molecular complexity index is 1140. The van der Waals surface area contributed by atoms with Crippen LogP contribution in [-0.2, 0) is 9.53 Å². The largest absolute Gasteiger partial charge is 0.478 e. The van der Waals surface area contributed by atoms with E-state index in [0.717, 1.165) is 22.3 Å². The normalized spacial score (nSPS) is 12.9. The smallest absolute Gasteiger partial charge is 0.407 e. The summed E-state index contributed by atoms with van der Waals surface area (Å²) in [7, 11) is 0. The first kappa shape index (κ1) is 21.1. The molecule has 0 radical (unpaired) electrons. The lowest BCUT2D eigenvalue weighted by Gasteiger charge is -2.17. The van der Waals surface area contributed by atoms with E-state index in [1.807, 2.05) is 36.4 Å². The number of ether oxygens (including phenoxy) is 1. The molecule has 0 fully saturated rings. The van der Waals surface area contributed by atoms with Crippen molar-refractivity contribution in [3.05, 3.63) is 89.5 Å². The highest BCUT2D eigenvalue weighted by Gasteiger charge is 2.29. The second-order valence-electron chi connectivity index (χ2n) is 7.53. The van der Waals surface area contributed by atoms with E-state index in [4.69, 9.17) is 4.74 Å². The Balaban J connectivity index is 1.37. The number of hydrogen-bond acceptors (Lipinski definition) is 4. The molecule has 0 saturated carbocycles. The second-order valence-corrected chi connectivity index (χ2v) is 7.53. The van der Waals surface area contributed by atoms with E-state index in [9.17, 15) is 19.5 Å². The lowest BCUT2D eigenvalue weighted by Crippen LogP contribution is -2.42. The van der Waals surface area contributed by atoms with Crippen LogP contribution in [0.1, 0.15) is 34.3 Å². The lowest BCUT2D eigenvalue weighted by atomic mass is 9.98. The van der Waals surface area contributed by atoms with Crippen molar-refractivity contribution in [2.45, 2.75) is 18.9 Å². The predicted octanol–water partition coefficient (Wildman–Crippen LogP) is 4.25. The highest BCUT2D eigenvalue weighted by Crippen LogP contribution is 2.44. The van der Waals surface area contributed by atoms with Gasteiger partial charge in [0.05, 0.1) is 11.3 Å². The third-order valence-electron chi connectivity index (χ3n) is 5.49. The summed E-state index contributed by atoms with van der Waals surface area (Å²) in [6.07, 6.45) is -0.721. The van der Waals surface area contributed by atoms with E-state index in [1.165, 1.54) is 19.1 Å². The van der Waals surface area contributed by atoms with Gasteiger partial charge < -0.3 is 20.5 Å². The fourth-order valence-corrected chi connectivity index (χ4v) is 3.90. The molecule has 7 heteroatoms. The first-order valence-corrected chi connectivity index (χ1v) is 10.2. The number of hydrogen-bond donors (Lipinski definition) is 3. The Kier molecular flexibility index (Phi) is 5.89. The lowest BCUT2D eigenvalue weighted by molar-refractivity contribution is -0.117. The number of carbonyl (C=O) groups is 3. The minimum absolute atomic E-state index is 0.0332. The van der Waals surface area contributed by atoms with Crippen LogP contribution in [-0.4, -0.2) is 35.7 Å². The van der Waals surface area contributed by atoms with Crippen LogP contribution in [0.15, 0.2) is 72.8 Å². The molecule has 0 heterocycles. The molecule has 0 spiro atoms. The highest BCUT2D eigenvalue weighted by molar-refractivity contribution is 6.02. The van der Waals surface area contributed by atoms with E-state index in [2.05, 4.69) is 22.8 Å². The summed E-state index contributed by atoms with van der Waals surface area (Å²) in [6, 6.07) is 21.2. The number of benzene rings is 3. The molecule has 0 unspecified atom stereocenters. The summed E-state index contributed by atoms with van der Waals surface area (Å²) in [5.41, 5.74) is 4.57. The Hall–Kier alpha value is -4.13. The summed E-state index contributed by atoms with van der Waals surface area (Å²) in [6.45, 7) is 1.64. The molecular weight excluding hydrogens is 408 g/mol. The van der Waals surface area contributed by atoms with Crippen molar-refractivity contribution in [3.63, 3.8) is 0 Å². The molecular formula is C25H22N2O5. The van der Waals surface area contributed by atoms with Gasteiger partial charge in [0, 0.05) is 5.92 Å². The van der Waals surface area contributed by atoms with E-state index in [0.29, 0.717) is 0 Å². The molecule has 0 bridgehead atoms. The second kappa shape index (κ2) is 8.93. The summed E-state index contributed by atoms with van der Waals surface area (Å²) in [5, 5.41) is 14.3. The standard InChI is InChI=1S/C25H22N2O5/c1-15(23(28)27-22-13-7-6-12-20(22)24(29)30)26-25(31)32-14-21-18-10-4-2-8-16(18)17-9-3-5-11-19(17)21/h2-13,15,21H,14H2,1H3,(H,26,31)(H,27,28)(H,29,30)/t15-/m0/s1. The summed E-state index contributed by atoms with van der Waals surface area (Å²) in [5.74, 6) is -1.79. The maximum absolute atomic E-state index is 12.4. The molecule has 0 aromatic heterocycles. The van der Waals surface area contributed by atoms with Gasteiger partial charge in [-0.15, -0.1) is 0 Å². The van der Waals surface area contributed by atoms with Gasteiger partial charge in [0.1, 0.15) is 12.6 Å². The van der Waals surface area contributed by atoms with Crippen molar-refractivity contribution in [1.82, 2.24) is 5.32 Å². The fourth-order valence-electron chi connectivity index (χ4n) is 3.90. The van der Waals surface area contributed by atoms with Crippen molar-refractivity contribution < 1.29 is 24.2 Å². The minimum atomic E-state index is -1.15. The molecule has 1 aliphatic carbocycles. The molecule has 0 aliphatic heterocycles. The van der Waals surface area contributed by atoms with Crippen LogP contribution in [0.2, 0.25) is 0 Å². The minimum Gasteiger partial charge on any atom is -0.478 e. The van der Waals surface area contributed by atoms with Gasteiger partial charge >= 0.3 is 12.1 Å². The number of nitrogens with one attached hydrogen (secondary N) is 2. The zero-order valence-corrected chi connectivity index (χ0v) is 17.4. The SMILES string of the molecule is C[C@H](NC(=O)OCC1c2ccccc2-c2ccccc21)C(=O)Nc1ccccc1C(=O)O. The topological polar surface area (TPSA) is 105 Å². The number of amides is 2. The molecule has 0 saturated heterocycles. The van der Waals surface area contributed by atoms with Gasteiger partial charge in [-0.2, -0.15) is 0 Å². The van der Waals surface area contributed by atoms with Gasteiger partial charge in [-0.25, -0.2) is 9.59 Å². The average Bonchev–Trinajstić information content (AvgIpc) is 3.11. The van der Waals surface area contributed by atoms with Crippen LogP contribution in [0.3, 0.4) is 0 Å². The van der Waals surface area contributed by atoms with Gasteiger partial charge in [-0.05, 0) is 41.3 Å². The summed E-state index contributed by atoms with van der Waals surface area (Å²) < 4.78 is 5.45. The molecule has 2 amide bonds. The van der Waals surface area contributed by atoms with Crippen LogP contribution >= 0.6 is 0 Å². The maximum Gasteiger partial charge on any atom is 0.407 e. The third-order valence-corrected chi connectivity index (χ3v) is 5.49. The number of alkyl carbamates (subject to hydrolysis) is 1. The highest BCUT2D eigenvalue weighted by atomic mass is 16.5. The first-order chi connectivity index (χ1) is 15.5. The molecule has 3 aromatic carbocycles. The predicted molar refractivity (Wildman–Crippen MR) is 120 cm³/mol. The van der Waals surface area contributed by atoms with Gasteiger partial charge in [0.15, 0.2) is 0 Å². The number of anilines is 1. The van der Waals surface area contributed by atoms with Crippen LogP contribution in [0.25, 0.3) is 11.1 Å². The Morgan fingerprint density at radius 2 is 1.47 bits per heavy atom. The monoisotopic (exact) mass is 430 g/mol. The molecule has 32 heavy (non-hydrogen) atoms. The zero-order chi connectivity index (χ0) is 22.7. The van der Waals surface area contributed by atoms with Crippen LogP contribution in [0, 0.1) is 0 Å². The van der Waals surface area contributed by atoms with Gasteiger partial charge in [0.25, 0.3) is 0 Å². The van der Waals surface area contributed by atoms with Crippen molar-refractivity contribution in [2.24, 2.45) is 0 Å². The Morgan fingerprint density at radius 3 is 2.09 bits per heavy atom. The maximum atomic E-state index is 12.4.